The van der Waals surface area contributed by atoms with Crippen molar-refractivity contribution in [3.8, 4) is 11.3 Å². The molecule has 0 spiro atoms. The fraction of sp³-hybridized carbons (Fsp3) is 0.333. The van der Waals surface area contributed by atoms with E-state index in [0.717, 1.165) is 24.1 Å². The van der Waals surface area contributed by atoms with Gasteiger partial charge in [-0.1, -0.05) is 43.1 Å². The number of nitrogens with zero attached hydrogens (tertiary/aromatic N) is 4. The van der Waals surface area contributed by atoms with Gasteiger partial charge in [0, 0.05) is 42.1 Å². The summed E-state index contributed by atoms with van der Waals surface area (Å²) in [5.74, 6) is -0.328. The number of rotatable bonds is 7. The predicted octanol–water partition coefficient (Wildman–Crippen LogP) is 5.17. The maximum Gasteiger partial charge on any atom is 0.409 e. The van der Waals surface area contributed by atoms with E-state index in [0.29, 0.717) is 54.3 Å². The number of piperazine rings is 1. The van der Waals surface area contributed by atoms with Crippen LogP contribution in [0.4, 0.5) is 15.6 Å². The SMILES string of the molecule is CCCCOC(=O)N1CCN(c2ccc(C(=O)Nc3nc(-c4ccccc4Cl)cs3)nc2)CC1. The van der Waals surface area contributed by atoms with Gasteiger partial charge in [0.15, 0.2) is 5.13 Å². The van der Waals surface area contributed by atoms with Gasteiger partial charge in [0.25, 0.3) is 5.91 Å². The van der Waals surface area contributed by atoms with E-state index in [2.05, 4.69) is 27.1 Å². The molecule has 1 aliphatic heterocycles. The summed E-state index contributed by atoms with van der Waals surface area (Å²) in [7, 11) is 0. The number of benzene rings is 1. The molecule has 0 atom stereocenters. The van der Waals surface area contributed by atoms with Gasteiger partial charge in [-0.2, -0.15) is 0 Å². The van der Waals surface area contributed by atoms with E-state index in [1.54, 1.807) is 23.2 Å². The lowest BCUT2D eigenvalue weighted by Gasteiger charge is -2.35. The van der Waals surface area contributed by atoms with E-state index < -0.39 is 0 Å². The molecular weight excluding hydrogens is 474 g/mol. The second-order valence-electron chi connectivity index (χ2n) is 7.82. The fourth-order valence-corrected chi connectivity index (χ4v) is 4.47. The van der Waals surface area contributed by atoms with Crippen LogP contribution in [0.25, 0.3) is 11.3 Å². The van der Waals surface area contributed by atoms with Crippen LogP contribution in [0.2, 0.25) is 5.02 Å². The molecule has 0 saturated carbocycles. The van der Waals surface area contributed by atoms with E-state index in [1.807, 2.05) is 29.6 Å². The Kier molecular flexibility index (Phi) is 7.97. The molecule has 3 heterocycles. The lowest BCUT2D eigenvalue weighted by molar-refractivity contribution is 0.0987. The number of halogens is 1. The van der Waals surface area contributed by atoms with Crippen molar-refractivity contribution in [1.29, 1.82) is 0 Å². The number of anilines is 2. The largest absolute Gasteiger partial charge is 0.449 e. The van der Waals surface area contributed by atoms with Crippen molar-refractivity contribution in [2.75, 3.05) is 43.0 Å². The molecule has 0 radical (unpaired) electrons. The summed E-state index contributed by atoms with van der Waals surface area (Å²) in [6.45, 7) is 5.06. The minimum atomic E-state index is -0.328. The molecule has 4 rings (SSSR count). The molecule has 178 valence electrons. The van der Waals surface area contributed by atoms with Crippen LogP contribution in [0, 0.1) is 0 Å². The van der Waals surface area contributed by atoms with Crippen LogP contribution in [0.1, 0.15) is 30.3 Å². The van der Waals surface area contributed by atoms with Crippen LogP contribution in [0.5, 0.6) is 0 Å². The third-order valence-electron chi connectivity index (χ3n) is 5.48. The second kappa shape index (κ2) is 11.3. The minimum Gasteiger partial charge on any atom is -0.449 e. The number of thiazole rings is 1. The van der Waals surface area contributed by atoms with Gasteiger partial charge in [-0.3, -0.25) is 10.1 Å². The van der Waals surface area contributed by atoms with Crippen LogP contribution >= 0.6 is 22.9 Å². The lowest BCUT2D eigenvalue weighted by Crippen LogP contribution is -2.49. The van der Waals surface area contributed by atoms with Crippen LogP contribution in [-0.4, -0.2) is 59.7 Å². The number of hydrogen-bond donors (Lipinski definition) is 1. The second-order valence-corrected chi connectivity index (χ2v) is 9.08. The number of aromatic nitrogens is 2. The van der Waals surface area contributed by atoms with Crippen molar-refractivity contribution >= 4 is 45.8 Å². The van der Waals surface area contributed by atoms with Crippen LogP contribution in [0.3, 0.4) is 0 Å². The van der Waals surface area contributed by atoms with Crippen molar-refractivity contribution < 1.29 is 14.3 Å². The van der Waals surface area contributed by atoms with Crippen LogP contribution in [0.15, 0.2) is 48.0 Å². The summed E-state index contributed by atoms with van der Waals surface area (Å²) in [5, 5.41) is 5.74. The average Bonchev–Trinajstić information content (AvgIpc) is 3.32. The maximum absolute atomic E-state index is 12.6. The molecule has 8 nitrogen and oxygen atoms in total. The Morgan fingerprint density at radius 3 is 2.65 bits per heavy atom. The highest BCUT2D eigenvalue weighted by Gasteiger charge is 2.22. The molecule has 0 unspecified atom stereocenters. The zero-order chi connectivity index (χ0) is 23.9. The van der Waals surface area contributed by atoms with Crippen molar-refractivity contribution in [2.45, 2.75) is 19.8 Å². The van der Waals surface area contributed by atoms with Gasteiger partial charge in [0.2, 0.25) is 0 Å². The highest BCUT2D eigenvalue weighted by molar-refractivity contribution is 7.14. The third-order valence-corrected chi connectivity index (χ3v) is 6.57. The molecule has 2 amide bonds. The van der Waals surface area contributed by atoms with Crippen molar-refractivity contribution in [1.82, 2.24) is 14.9 Å². The number of nitrogens with one attached hydrogen (secondary N) is 1. The first-order valence-corrected chi connectivity index (χ1v) is 12.5. The molecular formula is C24H26ClN5O3S. The first-order valence-electron chi connectivity index (χ1n) is 11.2. The van der Waals surface area contributed by atoms with Crippen LogP contribution < -0.4 is 10.2 Å². The smallest absolute Gasteiger partial charge is 0.409 e. The molecule has 1 N–H and O–H groups in total. The number of carbonyl (C=O) groups is 2. The molecule has 10 heteroatoms. The molecule has 0 aliphatic carbocycles. The number of carbonyl (C=O) groups excluding carboxylic acids is 2. The highest BCUT2D eigenvalue weighted by atomic mass is 35.5. The summed E-state index contributed by atoms with van der Waals surface area (Å²) < 4.78 is 5.29. The van der Waals surface area contributed by atoms with Crippen LogP contribution in [-0.2, 0) is 4.74 Å². The Balaban J connectivity index is 1.31. The van der Waals surface area contributed by atoms with Gasteiger partial charge in [-0.05, 0) is 24.6 Å². The normalized spacial score (nSPS) is 13.6. The summed E-state index contributed by atoms with van der Waals surface area (Å²) in [6, 6.07) is 11.0. The van der Waals surface area contributed by atoms with Gasteiger partial charge in [0.05, 0.1) is 24.2 Å². The Morgan fingerprint density at radius 2 is 1.94 bits per heavy atom. The van der Waals surface area contributed by atoms with E-state index in [9.17, 15) is 9.59 Å². The van der Waals surface area contributed by atoms with E-state index in [1.165, 1.54) is 11.3 Å². The van der Waals surface area contributed by atoms with Gasteiger partial charge in [-0.25, -0.2) is 14.8 Å². The molecule has 3 aromatic rings. The number of hydrogen-bond acceptors (Lipinski definition) is 7. The Bertz CT molecular complexity index is 1130. The van der Waals surface area contributed by atoms with Crippen molar-refractivity contribution in [2.24, 2.45) is 0 Å². The standard InChI is InChI=1S/C24H26ClN5O3S/c1-2-3-14-33-24(32)30-12-10-29(11-13-30)17-8-9-20(26-15-17)22(31)28-23-27-21(16-34-23)18-6-4-5-7-19(18)25/h4-9,15-16H,2-3,10-14H2,1H3,(H,27,28,31). The number of ether oxygens (including phenoxy) is 1. The Labute approximate surface area is 207 Å². The summed E-state index contributed by atoms with van der Waals surface area (Å²) >= 11 is 7.57. The van der Waals surface area contributed by atoms with Gasteiger partial charge >= 0.3 is 6.09 Å². The van der Waals surface area contributed by atoms with E-state index >= 15 is 0 Å². The zero-order valence-corrected chi connectivity index (χ0v) is 20.4. The Morgan fingerprint density at radius 1 is 1.15 bits per heavy atom. The topological polar surface area (TPSA) is 87.7 Å². The zero-order valence-electron chi connectivity index (χ0n) is 18.9. The van der Waals surface area contributed by atoms with Crippen molar-refractivity contribution in [3.63, 3.8) is 0 Å². The maximum atomic E-state index is 12.6. The number of pyridine rings is 1. The number of unbranched alkanes of at least 4 members (excludes halogenated alkanes) is 1. The summed E-state index contributed by atoms with van der Waals surface area (Å²) in [5.41, 5.74) is 2.74. The fourth-order valence-electron chi connectivity index (χ4n) is 3.53. The van der Waals surface area contributed by atoms with Gasteiger partial charge < -0.3 is 14.5 Å². The first kappa shape index (κ1) is 24.0. The Hall–Kier alpha value is -3.17. The van der Waals surface area contributed by atoms with E-state index in [4.69, 9.17) is 16.3 Å². The molecule has 1 aliphatic rings. The van der Waals surface area contributed by atoms with Gasteiger partial charge in [-0.15, -0.1) is 11.3 Å². The quantitative estimate of drug-likeness (QED) is 0.451. The third kappa shape index (κ3) is 5.84. The molecule has 34 heavy (non-hydrogen) atoms. The van der Waals surface area contributed by atoms with Gasteiger partial charge in [0.1, 0.15) is 5.69 Å². The molecule has 1 saturated heterocycles. The first-order chi connectivity index (χ1) is 16.5. The monoisotopic (exact) mass is 499 g/mol. The highest BCUT2D eigenvalue weighted by Crippen LogP contribution is 2.30. The average molecular weight is 500 g/mol. The minimum absolute atomic E-state index is 0.252. The lowest BCUT2D eigenvalue weighted by atomic mass is 10.2. The summed E-state index contributed by atoms with van der Waals surface area (Å²) in [6.07, 6.45) is 3.30. The summed E-state index contributed by atoms with van der Waals surface area (Å²) in [4.78, 5) is 37.4. The predicted molar refractivity (Wildman–Crippen MR) is 135 cm³/mol. The molecule has 1 fully saturated rings. The molecule has 0 bridgehead atoms. The molecule has 2 aromatic heterocycles. The van der Waals surface area contributed by atoms with E-state index in [-0.39, 0.29) is 12.0 Å². The number of amides is 2. The van der Waals surface area contributed by atoms with Crippen molar-refractivity contribution in [3.05, 3.63) is 58.7 Å². The molecule has 1 aromatic carbocycles.